The van der Waals surface area contributed by atoms with Gasteiger partial charge in [0.1, 0.15) is 6.61 Å². The van der Waals surface area contributed by atoms with Gasteiger partial charge >= 0.3 is 24.3 Å². The standard InChI is InChI=1S/C36H52F6O7/c1-16-18-10-22(24(11-18)32(45)48-8-5-6-34(47,35(37,38)39)36(40,41)42)28(16)29-20-14-25(26(15-20)33(3,4)46)30(29)27-17(2)21-12-19(27)13-23(21)31(44)49-9-7-43/h16-30,43,46-47H,5-15H2,1-4H3. The lowest BCUT2D eigenvalue weighted by Gasteiger charge is -2.51. The molecule has 0 amide bonds. The number of hydrogen-bond acceptors (Lipinski definition) is 7. The van der Waals surface area contributed by atoms with Crippen LogP contribution in [0.4, 0.5) is 26.3 Å². The summed E-state index contributed by atoms with van der Waals surface area (Å²) in [6, 6.07) is 0. The van der Waals surface area contributed by atoms with Crippen LogP contribution in [0.2, 0.25) is 0 Å². The van der Waals surface area contributed by atoms with Crippen LogP contribution < -0.4 is 0 Å². The summed E-state index contributed by atoms with van der Waals surface area (Å²) in [6.45, 7) is 7.39. The van der Waals surface area contributed by atoms with E-state index in [-0.39, 0.29) is 60.6 Å². The number of alkyl halides is 6. The van der Waals surface area contributed by atoms with Crippen LogP contribution in [0.15, 0.2) is 0 Å². The predicted octanol–water partition coefficient (Wildman–Crippen LogP) is 6.18. The highest BCUT2D eigenvalue weighted by atomic mass is 19.4. The van der Waals surface area contributed by atoms with E-state index in [9.17, 15) is 46.1 Å². The summed E-state index contributed by atoms with van der Waals surface area (Å²) in [5.41, 5.74) is -5.72. The van der Waals surface area contributed by atoms with E-state index in [1.807, 2.05) is 13.8 Å². The van der Waals surface area contributed by atoms with Crippen molar-refractivity contribution in [3.05, 3.63) is 0 Å². The van der Waals surface area contributed by atoms with Crippen molar-refractivity contribution >= 4 is 11.9 Å². The van der Waals surface area contributed by atoms with Gasteiger partial charge in [-0.3, -0.25) is 9.59 Å². The Kier molecular flexibility index (Phi) is 9.72. The molecule has 0 aromatic heterocycles. The highest BCUT2D eigenvalue weighted by Gasteiger charge is 2.70. The number of hydrogen-bond donors (Lipinski definition) is 3. The zero-order valence-corrected chi connectivity index (χ0v) is 28.7. The number of carbonyl (C=O) groups excluding carboxylic acids is 2. The maximum Gasteiger partial charge on any atom is 0.426 e. The number of aliphatic hydroxyl groups is 3. The first kappa shape index (κ1) is 37.2. The Balaban J connectivity index is 1.18. The van der Waals surface area contributed by atoms with Crippen LogP contribution >= 0.6 is 0 Å². The first-order chi connectivity index (χ1) is 22.7. The SMILES string of the molecule is CC1C2CC(CC2C(=O)OCCO)C1C1C2CC(CC2C(C)(C)O)C1C1C(C)C2CC(C(=O)OCCCC(O)(C(F)(F)F)C(F)(F)F)C1C2. The van der Waals surface area contributed by atoms with E-state index >= 15 is 0 Å². The van der Waals surface area contributed by atoms with E-state index in [2.05, 4.69) is 13.8 Å². The molecular formula is C36H52F6O7. The van der Waals surface area contributed by atoms with E-state index in [1.54, 1.807) is 0 Å². The van der Waals surface area contributed by atoms with Crippen LogP contribution in [0.3, 0.4) is 0 Å². The van der Waals surface area contributed by atoms with E-state index in [1.165, 1.54) is 0 Å². The van der Waals surface area contributed by atoms with Gasteiger partial charge in [0.2, 0.25) is 0 Å². The van der Waals surface area contributed by atoms with Crippen molar-refractivity contribution in [1.82, 2.24) is 0 Å². The van der Waals surface area contributed by atoms with Gasteiger partial charge in [0.05, 0.1) is 30.7 Å². The number of esters is 2. The Morgan fingerprint density at radius 1 is 0.653 bits per heavy atom. The minimum atomic E-state index is -5.91. The molecule has 280 valence electrons. The number of carbonyl (C=O) groups is 2. The lowest BCUT2D eigenvalue weighted by molar-refractivity contribution is -0.370. The Hall–Kier alpha value is -1.60. The third-order valence-electron chi connectivity index (χ3n) is 14.7. The quantitative estimate of drug-likeness (QED) is 0.134. The van der Waals surface area contributed by atoms with Crippen molar-refractivity contribution in [3.63, 3.8) is 0 Å². The molecule has 15 atom stereocenters. The van der Waals surface area contributed by atoms with Crippen LogP contribution in [0.25, 0.3) is 0 Å². The molecule has 0 spiro atoms. The van der Waals surface area contributed by atoms with Crippen LogP contribution in [0.1, 0.15) is 79.1 Å². The second kappa shape index (κ2) is 12.8. The van der Waals surface area contributed by atoms with Gasteiger partial charge in [0.25, 0.3) is 5.60 Å². The van der Waals surface area contributed by atoms with Crippen LogP contribution in [-0.2, 0) is 19.1 Å². The van der Waals surface area contributed by atoms with Crippen LogP contribution in [0.5, 0.6) is 0 Å². The third-order valence-corrected chi connectivity index (χ3v) is 14.7. The summed E-state index contributed by atoms with van der Waals surface area (Å²) < 4.78 is 89.3. The van der Waals surface area contributed by atoms with Crippen molar-refractivity contribution in [2.24, 2.45) is 88.8 Å². The monoisotopic (exact) mass is 710 g/mol. The molecule has 13 heteroatoms. The largest absolute Gasteiger partial charge is 0.465 e. The summed E-state index contributed by atoms with van der Waals surface area (Å²) in [4.78, 5) is 26.3. The van der Waals surface area contributed by atoms with Crippen LogP contribution in [0, 0.1) is 88.8 Å². The second-order valence-electron chi connectivity index (χ2n) is 17.2. The second-order valence-corrected chi connectivity index (χ2v) is 17.2. The molecular weight excluding hydrogens is 658 g/mol. The highest BCUT2D eigenvalue weighted by molar-refractivity contribution is 5.74. The Bertz CT molecular complexity index is 1230. The van der Waals surface area contributed by atoms with Gasteiger partial charge in [-0.1, -0.05) is 13.8 Å². The van der Waals surface area contributed by atoms with Crippen molar-refractivity contribution in [2.75, 3.05) is 19.8 Å². The molecule has 0 aromatic carbocycles. The van der Waals surface area contributed by atoms with E-state index < -0.39 is 54.9 Å². The summed E-state index contributed by atoms with van der Waals surface area (Å²) in [6.07, 6.45) is -9.26. The lowest BCUT2D eigenvalue weighted by Crippen LogP contribution is -2.56. The molecule has 7 nitrogen and oxygen atoms in total. The molecule has 6 fully saturated rings. The zero-order valence-electron chi connectivity index (χ0n) is 28.7. The van der Waals surface area contributed by atoms with Crippen molar-refractivity contribution < 1.29 is 60.7 Å². The van der Waals surface area contributed by atoms with Gasteiger partial charge in [-0.05, 0) is 142 Å². The molecule has 0 saturated heterocycles. The maximum atomic E-state index is 13.4. The summed E-state index contributed by atoms with van der Waals surface area (Å²) in [5.74, 6) is 1.88. The first-order valence-corrected chi connectivity index (χ1v) is 18.2. The fourth-order valence-electron chi connectivity index (χ4n) is 12.9. The average molecular weight is 711 g/mol. The van der Waals surface area contributed by atoms with Crippen molar-refractivity contribution in [1.29, 1.82) is 0 Å². The van der Waals surface area contributed by atoms with Gasteiger partial charge in [0, 0.05) is 0 Å². The number of ether oxygens (including phenoxy) is 2. The number of fused-ring (bicyclic) bond motifs is 6. The number of aliphatic hydroxyl groups excluding tert-OH is 1. The van der Waals surface area contributed by atoms with Gasteiger partial charge in [-0.15, -0.1) is 0 Å². The maximum absolute atomic E-state index is 13.4. The van der Waals surface area contributed by atoms with Crippen molar-refractivity contribution in [2.45, 2.75) is 103 Å². The molecule has 0 radical (unpaired) electrons. The van der Waals surface area contributed by atoms with Crippen molar-refractivity contribution in [3.8, 4) is 0 Å². The summed E-state index contributed by atoms with van der Waals surface area (Å²) in [5, 5.41) is 29.9. The molecule has 6 saturated carbocycles. The molecule has 0 aliphatic heterocycles. The van der Waals surface area contributed by atoms with E-state index in [0.29, 0.717) is 47.8 Å². The summed E-state index contributed by atoms with van der Waals surface area (Å²) in [7, 11) is 0. The fourth-order valence-corrected chi connectivity index (χ4v) is 12.9. The zero-order chi connectivity index (χ0) is 36.0. The topological polar surface area (TPSA) is 113 Å². The van der Waals surface area contributed by atoms with E-state index in [4.69, 9.17) is 14.6 Å². The Morgan fingerprint density at radius 3 is 1.73 bits per heavy atom. The number of rotatable bonds is 11. The van der Waals surface area contributed by atoms with Crippen LogP contribution in [-0.4, -0.2) is 70.6 Å². The smallest absolute Gasteiger partial charge is 0.426 e. The number of halogens is 6. The first-order valence-electron chi connectivity index (χ1n) is 18.2. The molecule has 6 bridgehead atoms. The fraction of sp³-hybridized carbons (Fsp3) is 0.944. The highest BCUT2D eigenvalue weighted by Crippen LogP contribution is 2.72. The van der Waals surface area contributed by atoms with Gasteiger partial charge in [-0.2, -0.15) is 26.3 Å². The lowest BCUT2D eigenvalue weighted by atomic mass is 9.54. The molecule has 49 heavy (non-hydrogen) atoms. The predicted molar refractivity (Wildman–Crippen MR) is 163 cm³/mol. The van der Waals surface area contributed by atoms with Gasteiger partial charge in [0.15, 0.2) is 0 Å². The molecule has 0 heterocycles. The molecule has 0 aromatic rings. The van der Waals surface area contributed by atoms with Gasteiger partial charge in [-0.25, -0.2) is 0 Å². The molecule has 15 unspecified atom stereocenters. The Morgan fingerprint density at radius 2 is 1.18 bits per heavy atom. The Labute approximate surface area is 283 Å². The summed E-state index contributed by atoms with van der Waals surface area (Å²) >= 11 is 0. The molecule has 6 aliphatic rings. The normalized spacial score (nSPS) is 43.1. The molecule has 6 rings (SSSR count). The van der Waals surface area contributed by atoms with Gasteiger partial charge < -0.3 is 24.8 Å². The molecule has 3 N–H and O–H groups in total. The van der Waals surface area contributed by atoms with E-state index in [0.717, 1.165) is 32.1 Å². The average Bonchev–Trinajstić information content (AvgIpc) is 3.84. The minimum Gasteiger partial charge on any atom is -0.465 e. The molecule has 6 aliphatic carbocycles. The minimum absolute atomic E-state index is 0.00248. The third kappa shape index (κ3) is 6.11.